The van der Waals surface area contributed by atoms with Gasteiger partial charge in [0, 0.05) is 6.61 Å². The first kappa shape index (κ1) is 23.7. The number of hydrogen-bond acceptors (Lipinski definition) is 1. The maximum atomic E-state index is 9.55. The van der Waals surface area contributed by atoms with E-state index >= 15 is 0 Å². The van der Waals surface area contributed by atoms with Crippen molar-refractivity contribution in [3.8, 4) is 0 Å². The zero-order valence-electron chi connectivity index (χ0n) is 16.8. The number of aliphatic hydroxyl groups excluding tert-OH is 1. The van der Waals surface area contributed by atoms with Crippen LogP contribution in [0.4, 0.5) is 0 Å². The summed E-state index contributed by atoms with van der Waals surface area (Å²) in [6.07, 6.45) is 31.7. The van der Waals surface area contributed by atoms with Crippen LogP contribution in [0.1, 0.15) is 78.6 Å². The molecule has 0 aliphatic carbocycles. The van der Waals surface area contributed by atoms with E-state index < -0.39 is 0 Å². The highest BCUT2D eigenvalue weighted by atomic mass is 16.3. The van der Waals surface area contributed by atoms with E-state index in [0.717, 1.165) is 57.8 Å². The van der Waals surface area contributed by atoms with Gasteiger partial charge in [0.1, 0.15) is 0 Å². The van der Waals surface area contributed by atoms with Crippen molar-refractivity contribution in [2.24, 2.45) is 5.41 Å². The monoisotopic (exact) mass is 344 g/mol. The molecule has 0 amide bonds. The van der Waals surface area contributed by atoms with E-state index in [4.69, 9.17) is 0 Å². The van der Waals surface area contributed by atoms with Gasteiger partial charge >= 0.3 is 0 Å². The summed E-state index contributed by atoms with van der Waals surface area (Å²) >= 11 is 0. The van der Waals surface area contributed by atoms with Crippen molar-refractivity contribution < 1.29 is 5.11 Å². The van der Waals surface area contributed by atoms with Gasteiger partial charge in [0.2, 0.25) is 0 Å². The first-order valence-corrected chi connectivity index (χ1v) is 10.1. The number of aliphatic hydroxyl groups is 1. The van der Waals surface area contributed by atoms with Crippen LogP contribution in [0.5, 0.6) is 0 Å². The Kier molecular flexibility index (Phi) is 16.5. The molecule has 0 aromatic carbocycles. The topological polar surface area (TPSA) is 20.2 Å². The zero-order chi connectivity index (χ0) is 18.6. The Balaban J connectivity index is 3.72. The van der Waals surface area contributed by atoms with Crippen LogP contribution < -0.4 is 0 Å². The number of hydrogen-bond donors (Lipinski definition) is 1. The van der Waals surface area contributed by atoms with Crippen molar-refractivity contribution in [2.45, 2.75) is 78.6 Å². The fraction of sp³-hybridized carbons (Fsp3) is 0.583. The highest BCUT2D eigenvalue weighted by Gasteiger charge is 2.23. The minimum Gasteiger partial charge on any atom is -0.396 e. The zero-order valence-corrected chi connectivity index (χ0v) is 16.8. The maximum absolute atomic E-state index is 9.55. The summed E-state index contributed by atoms with van der Waals surface area (Å²) in [6.45, 7) is 6.83. The molecule has 0 aliphatic heterocycles. The van der Waals surface area contributed by atoms with Gasteiger partial charge in [-0.2, -0.15) is 0 Å². The third kappa shape index (κ3) is 13.6. The summed E-state index contributed by atoms with van der Waals surface area (Å²) in [5, 5.41) is 9.55. The normalized spacial score (nSPS) is 13.6. The molecule has 0 aromatic rings. The molecule has 0 bridgehead atoms. The van der Waals surface area contributed by atoms with Gasteiger partial charge in [0.15, 0.2) is 0 Å². The third-order valence-electron chi connectivity index (χ3n) is 4.83. The highest BCUT2D eigenvalue weighted by Crippen LogP contribution is 2.31. The van der Waals surface area contributed by atoms with Crippen molar-refractivity contribution in [1.82, 2.24) is 0 Å². The maximum Gasteiger partial charge on any atom is 0.0487 e. The van der Waals surface area contributed by atoms with Crippen LogP contribution in [-0.4, -0.2) is 11.7 Å². The molecular weight excluding hydrogens is 304 g/mol. The molecule has 0 atom stereocenters. The third-order valence-corrected chi connectivity index (χ3v) is 4.83. The van der Waals surface area contributed by atoms with Crippen LogP contribution in [0.15, 0.2) is 60.8 Å². The largest absolute Gasteiger partial charge is 0.396 e. The van der Waals surface area contributed by atoms with Gasteiger partial charge < -0.3 is 5.11 Å². The van der Waals surface area contributed by atoms with Crippen LogP contribution in [-0.2, 0) is 0 Å². The highest BCUT2D eigenvalue weighted by molar-refractivity contribution is 5.00. The van der Waals surface area contributed by atoms with Crippen molar-refractivity contribution in [3.05, 3.63) is 60.8 Å². The summed E-state index contributed by atoms with van der Waals surface area (Å²) in [5.41, 5.74) is 0.131. The first-order valence-electron chi connectivity index (χ1n) is 10.1. The van der Waals surface area contributed by atoms with Crippen LogP contribution in [0.25, 0.3) is 0 Å². The van der Waals surface area contributed by atoms with Gasteiger partial charge in [-0.15, -0.1) is 0 Å². The summed E-state index contributed by atoms with van der Waals surface area (Å²) < 4.78 is 0. The quantitative estimate of drug-likeness (QED) is 0.309. The Morgan fingerprint density at radius 1 is 0.600 bits per heavy atom. The number of allylic oxidation sites excluding steroid dienone is 10. The van der Waals surface area contributed by atoms with Crippen LogP contribution in [0, 0.1) is 5.41 Å². The predicted molar refractivity (Wildman–Crippen MR) is 114 cm³/mol. The molecule has 0 aliphatic rings. The lowest BCUT2D eigenvalue weighted by molar-refractivity contribution is 0.106. The molecule has 1 N–H and O–H groups in total. The van der Waals surface area contributed by atoms with Crippen LogP contribution in [0.2, 0.25) is 0 Å². The van der Waals surface area contributed by atoms with Crippen molar-refractivity contribution in [3.63, 3.8) is 0 Å². The Bertz CT molecular complexity index is 411. The molecule has 0 spiro atoms. The lowest BCUT2D eigenvalue weighted by atomic mass is 9.79. The minimum atomic E-state index is 0.131. The predicted octanol–water partition coefficient (Wildman–Crippen LogP) is 7.32. The van der Waals surface area contributed by atoms with E-state index in [1.165, 1.54) is 0 Å². The molecule has 25 heavy (non-hydrogen) atoms. The van der Waals surface area contributed by atoms with E-state index in [2.05, 4.69) is 81.5 Å². The SMILES string of the molecule is CCC=CCC=CCC=CCC=CCC=CCCC(CC)(CC)CO. The fourth-order valence-corrected chi connectivity index (χ4v) is 2.66. The smallest absolute Gasteiger partial charge is 0.0487 e. The lowest BCUT2D eigenvalue weighted by Gasteiger charge is -2.28. The summed E-state index contributed by atoms with van der Waals surface area (Å²) in [7, 11) is 0. The standard InChI is InChI=1S/C24H40O/c1-4-7-8-9-10-11-12-13-14-15-16-17-18-19-20-21-22-24(5-2,6-3)23-25/h7-8,10-11,13-14,16-17,19-20,25H,4-6,9,12,15,18,21-23H2,1-3H3. The Hall–Kier alpha value is -1.34. The van der Waals surface area contributed by atoms with Crippen molar-refractivity contribution in [1.29, 1.82) is 0 Å². The summed E-state index contributed by atoms with van der Waals surface area (Å²) in [5.74, 6) is 0. The lowest BCUT2D eigenvalue weighted by Crippen LogP contribution is -2.23. The first-order chi connectivity index (χ1) is 12.2. The molecule has 1 heteroatoms. The fourth-order valence-electron chi connectivity index (χ4n) is 2.66. The number of rotatable bonds is 15. The van der Waals surface area contributed by atoms with Gasteiger partial charge in [-0.1, -0.05) is 81.5 Å². The van der Waals surface area contributed by atoms with Crippen molar-refractivity contribution >= 4 is 0 Å². The molecule has 0 saturated heterocycles. The molecule has 0 fully saturated rings. The van der Waals surface area contributed by atoms with Gasteiger partial charge in [-0.3, -0.25) is 0 Å². The Morgan fingerprint density at radius 3 is 1.36 bits per heavy atom. The molecular formula is C24H40O. The molecule has 0 saturated carbocycles. The second-order valence-electron chi connectivity index (χ2n) is 6.61. The summed E-state index contributed by atoms with van der Waals surface area (Å²) in [4.78, 5) is 0. The molecule has 0 heterocycles. The van der Waals surface area contributed by atoms with E-state index in [0.29, 0.717) is 6.61 Å². The average Bonchev–Trinajstić information content (AvgIpc) is 2.65. The van der Waals surface area contributed by atoms with Gasteiger partial charge in [0.05, 0.1) is 0 Å². The molecule has 0 aromatic heterocycles. The van der Waals surface area contributed by atoms with Crippen LogP contribution >= 0.6 is 0 Å². The Morgan fingerprint density at radius 2 is 1.00 bits per heavy atom. The molecule has 0 unspecified atom stereocenters. The molecule has 142 valence electrons. The summed E-state index contributed by atoms with van der Waals surface area (Å²) in [6, 6.07) is 0. The molecule has 0 radical (unpaired) electrons. The van der Waals surface area contributed by atoms with Crippen molar-refractivity contribution in [2.75, 3.05) is 6.61 Å². The molecule has 1 nitrogen and oxygen atoms in total. The second-order valence-corrected chi connectivity index (χ2v) is 6.61. The Labute approximate surface area is 156 Å². The van der Waals surface area contributed by atoms with Gasteiger partial charge in [0.25, 0.3) is 0 Å². The van der Waals surface area contributed by atoms with E-state index in [9.17, 15) is 5.11 Å². The van der Waals surface area contributed by atoms with E-state index in [1.54, 1.807) is 0 Å². The minimum absolute atomic E-state index is 0.131. The second kappa shape index (κ2) is 17.5. The van der Waals surface area contributed by atoms with E-state index in [1.807, 2.05) is 0 Å². The van der Waals surface area contributed by atoms with Gasteiger partial charge in [-0.05, 0) is 63.2 Å². The van der Waals surface area contributed by atoms with E-state index in [-0.39, 0.29) is 5.41 Å². The molecule has 0 rings (SSSR count). The van der Waals surface area contributed by atoms with Gasteiger partial charge in [-0.25, -0.2) is 0 Å². The average molecular weight is 345 g/mol. The van der Waals surface area contributed by atoms with Crippen LogP contribution in [0.3, 0.4) is 0 Å².